The Hall–Kier alpha value is -3.24. The third-order valence-electron chi connectivity index (χ3n) is 5.48. The molecule has 0 aliphatic carbocycles. The zero-order chi connectivity index (χ0) is 30.6. The molecule has 2 aromatic carbocycles. The Kier molecular flexibility index (Phi) is 11.5. The fourth-order valence-corrected chi connectivity index (χ4v) is 3.58. The number of carboxylic acid groups (broad SMARTS) is 1. The number of aromatic nitrogens is 2. The van der Waals surface area contributed by atoms with E-state index in [1.54, 1.807) is 0 Å². The number of aromatic hydroxyl groups is 1. The van der Waals surface area contributed by atoms with Gasteiger partial charge in [-0.3, -0.25) is 0 Å². The third-order valence-corrected chi connectivity index (χ3v) is 5.48. The molecule has 0 unspecified atom stereocenters. The Morgan fingerprint density at radius 1 is 0.833 bits per heavy atom. The number of rotatable bonds is 10. The first-order chi connectivity index (χ1) is 18.9. The van der Waals surface area contributed by atoms with Crippen molar-refractivity contribution in [2.45, 2.75) is 44.5 Å². The van der Waals surface area contributed by atoms with E-state index in [0.29, 0.717) is 24.3 Å². The van der Waals surface area contributed by atoms with Crippen LogP contribution in [-0.2, 0) is 36.4 Å². The second-order valence-electron chi connectivity index (χ2n) is 8.65. The van der Waals surface area contributed by atoms with Gasteiger partial charge in [0.15, 0.2) is 5.75 Å². The number of hydrogen-bond donors (Lipinski definition) is 1. The van der Waals surface area contributed by atoms with Crippen molar-refractivity contribution in [3.63, 3.8) is 0 Å². The SMILES string of the molecule is O=C([O-])CCCOc1cnc(N(Cc2cc(C(F)(F)F)cc(C(F)(F)F)c2)Cc2cc(C(F)(F)F)ccc2O)nc1.[Na+]. The molecule has 1 heterocycles. The number of carboxylic acids is 1. The van der Waals surface area contributed by atoms with Gasteiger partial charge in [0.2, 0.25) is 5.95 Å². The molecule has 7 nitrogen and oxygen atoms in total. The van der Waals surface area contributed by atoms with Crippen molar-refractivity contribution in [1.29, 1.82) is 0 Å². The monoisotopic (exact) mass is 619 g/mol. The summed E-state index contributed by atoms with van der Waals surface area (Å²) in [6.45, 7) is -1.48. The van der Waals surface area contributed by atoms with Gasteiger partial charge in [-0.1, -0.05) is 0 Å². The number of phenols is 1. The molecule has 0 atom stereocenters. The van der Waals surface area contributed by atoms with Gasteiger partial charge >= 0.3 is 48.1 Å². The van der Waals surface area contributed by atoms with Crippen LogP contribution in [0.4, 0.5) is 45.5 Å². The van der Waals surface area contributed by atoms with Crippen molar-refractivity contribution in [2.75, 3.05) is 11.5 Å². The van der Waals surface area contributed by atoms with Gasteiger partial charge < -0.3 is 24.6 Å². The van der Waals surface area contributed by atoms with Crippen molar-refractivity contribution in [3.05, 3.63) is 76.6 Å². The Morgan fingerprint density at radius 2 is 1.38 bits per heavy atom. The molecule has 0 saturated heterocycles. The van der Waals surface area contributed by atoms with E-state index in [1.807, 2.05) is 0 Å². The Bertz CT molecular complexity index is 1330. The summed E-state index contributed by atoms with van der Waals surface area (Å²) in [6.07, 6.45) is -13.2. The number of carbonyl (C=O) groups excluding carboxylic acids is 1. The number of phenolic OH excluding ortho intramolecular Hbond substituents is 1. The van der Waals surface area contributed by atoms with E-state index in [2.05, 4.69) is 9.97 Å². The van der Waals surface area contributed by atoms with Gasteiger partial charge in [-0.15, -0.1) is 0 Å². The molecule has 3 aromatic rings. The minimum Gasteiger partial charge on any atom is -0.550 e. The largest absolute Gasteiger partial charge is 1.00 e. The zero-order valence-corrected chi connectivity index (χ0v) is 23.6. The van der Waals surface area contributed by atoms with E-state index >= 15 is 0 Å². The average Bonchev–Trinajstić information content (AvgIpc) is 2.86. The molecule has 42 heavy (non-hydrogen) atoms. The fraction of sp³-hybridized carbons (Fsp3) is 0.320. The maximum absolute atomic E-state index is 13.4. The quantitative estimate of drug-likeness (QED) is 0.212. The molecule has 222 valence electrons. The maximum Gasteiger partial charge on any atom is 1.00 e. The Morgan fingerprint density at radius 3 is 1.88 bits per heavy atom. The molecule has 0 radical (unpaired) electrons. The molecule has 3 rings (SSSR count). The van der Waals surface area contributed by atoms with E-state index in [4.69, 9.17) is 4.74 Å². The number of benzene rings is 2. The van der Waals surface area contributed by atoms with Crippen LogP contribution in [0.25, 0.3) is 0 Å². The number of hydrogen-bond acceptors (Lipinski definition) is 7. The van der Waals surface area contributed by atoms with E-state index in [9.17, 15) is 54.5 Å². The number of carbonyl (C=O) groups is 1. The molecular formula is C25H19F9N3NaO4. The molecular weight excluding hydrogens is 600 g/mol. The van der Waals surface area contributed by atoms with E-state index in [-0.39, 0.29) is 72.3 Å². The van der Waals surface area contributed by atoms with Gasteiger partial charge in [-0.2, -0.15) is 39.5 Å². The van der Waals surface area contributed by atoms with Gasteiger partial charge in [0.1, 0.15) is 5.75 Å². The number of nitrogens with zero attached hydrogens (tertiary/aromatic N) is 3. The molecule has 0 aliphatic heterocycles. The van der Waals surface area contributed by atoms with Crippen LogP contribution in [0.1, 0.15) is 40.7 Å². The predicted octanol–water partition coefficient (Wildman–Crippen LogP) is 2.36. The molecule has 1 aromatic heterocycles. The van der Waals surface area contributed by atoms with Gasteiger partial charge in [-0.25, -0.2) is 9.97 Å². The zero-order valence-electron chi connectivity index (χ0n) is 21.6. The first-order valence-corrected chi connectivity index (χ1v) is 11.5. The summed E-state index contributed by atoms with van der Waals surface area (Å²) in [4.78, 5) is 19.3. The Balaban J connectivity index is 0.00000616. The average molecular weight is 619 g/mol. The van der Waals surface area contributed by atoms with Crippen LogP contribution >= 0.6 is 0 Å². The summed E-state index contributed by atoms with van der Waals surface area (Å²) in [5.74, 6) is -2.25. The number of halogens is 9. The predicted molar refractivity (Wildman–Crippen MR) is 121 cm³/mol. The van der Waals surface area contributed by atoms with Crippen molar-refractivity contribution in [3.8, 4) is 11.5 Å². The summed E-state index contributed by atoms with van der Waals surface area (Å²) in [5, 5.41) is 20.6. The van der Waals surface area contributed by atoms with E-state index in [1.165, 1.54) is 0 Å². The normalized spacial score (nSPS) is 12.0. The molecule has 0 fully saturated rings. The van der Waals surface area contributed by atoms with Crippen LogP contribution in [0.2, 0.25) is 0 Å². The summed E-state index contributed by atoms with van der Waals surface area (Å²) >= 11 is 0. The molecule has 0 spiro atoms. The molecule has 0 aliphatic rings. The van der Waals surface area contributed by atoms with Crippen LogP contribution in [0.5, 0.6) is 11.5 Å². The first-order valence-electron chi connectivity index (χ1n) is 11.5. The molecule has 0 saturated carbocycles. The second kappa shape index (κ2) is 13.8. The number of alkyl halides is 9. The molecule has 0 bridgehead atoms. The van der Waals surface area contributed by atoms with Gasteiger partial charge in [-0.05, 0) is 54.8 Å². The third kappa shape index (κ3) is 9.94. The van der Waals surface area contributed by atoms with Crippen LogP contribution < -0.4 is 44.3 Å². The van der Waals surface area contributed by atoms with Crippen LogP contribution in [0.15, 0.2) is 48.8 Å². The first kappa shape index (κ1) is 35.0. The maximum atomic E-state index is 13.4. The minimum absolute atomic E-state index is 0. The number of ether oxygens (including phenoxy) is 1. The summed E-state index contributed by atoms with van der Waals surface area (Å²) in [6, 6.07) is 2.73. The smallest absolute Gasteiger partial charge is 0.550 e. The minimum atomic E-state index is -5.15. The van der Waals surface area contributed by atoms with Gasteiger partial charge in [0, 0.05) is 24.6 Å². The summed E-state index contributed by atoms with van der Waals surface area (Å²) in [5.41, 5.74) is -5.26. The fourth-order valence-electron chi connectivity index (χ4n) is 3.58. The van der Waals surface area contributed by atoms with Crippen LogP contribution in [-0.4, -0.2) is 27.7 Å². The van der Waals surface area contributed by atoms with Crippen molar-refractivity contribution < 1.29 is 88.8 Å². The van der Waals surface area contributed by atoms with E-state index < -0.39 is 65.6 Å². The van der Waals surface area contributed by atoms with Gasteiger partial charge in [0.05, 0.1) is 35.7 Å². The number of anilines is 1. The molecule has 17 heteroatoms. The van der Waals surface area contributed by atoms with Crippen molar-refractivity contribution in [1.82, 2.24) is 9.97 Å². The van der Waals surface area contributed by atoms with Gasteiger partial charge in [0.25, 0.3) is 0 Å². The topological polar surface area (TPSA) is 98.6 Å². The van der Waals surface area contributed by atoms with Crippen LogP contribution in [0, 0.1) is 0 Å². The van der Waals surface area contributed by atoms with Crippen LogP contribution in [0.3, 0.4) is 0 Å². The summed E-state index contributed by atoms with van der Waals surface area (Å²) in [7, 11) is 0. The van der Waals surface area contributed by atoms with Crippen molar-refractivity contribution >= 4 is 11.9 Å². The van der Waals surface area contributed by atoms with E-state index in [0.717, 1.165) is 23.4 Å². The summed E-state index contributed by atoms with van der Waals surface area (Å²) < 4.78 is 125. The number of aliphatic carboxylic acids is 1. The molecule has 0 amide bonds. The molecule has 1 N–H and O–H groups in total. The van der Waals surface area contributed by atoms with Crippen molar-refractivity contribution in [2.24, 2.45) is 0 Å². The standard InChI is InChI=1S/C25H20F9N3O4.Na/c26-23(27,28)16-3-4-20(38)15(8-16)13-37(22-35-10-19(11-36-22)41-5-1-2-21(39)40)12-14-6-17(24(29,30)31)9-18(7-14)25(32,33)34;/h3-4,6-11,38H,1-2,5,12-13H2,(H,39,40);/q;+1/p-1. The second-order valence-corrected chi connectivity index (χ2v) is 8.65. The Labute approximate surface area is 254 Å².